The standard InChI is InChI=1S/C24H27F3N6O/c1-14-13-33-21(30-22(14)15-5-6-16(28)10-15)11-19(31-33)20-4-2-3-9-32(20)23(34)17-7-8-29-12-18(17)24(25,26)27/h7-8,11-13,15-16,20H,2-6,9-10,28H2,1H3/t15?,16-,20-/m0/s1. The Morgan fingerprint density at radius 3 is 2.76 bits per heavy atom. The zero-order valence-corrected chi connectivity index (χ0v) is 18.9. The van der Waals surface area contributed by atoms with Crippen molar-refractivity contribution in [3.8, 4) is 0 Å². The molecule has 3 aromatic heterocycles. The molecule has 7 nitrogen and oxygen atoms in total. The minimum absolute atomic E-state index is 0.194. The minimum atomic E-state index is -4.66. The van der Waals surface area contributed by atoms with Crippen molar-refractivity contribution in [3.05, 3.63) is 58.8 Å². The van der Waals surface area contributed by atoms with Crippen LogP contribution in [0.3, 0.4) is 0 Å². The van der Waals surface area contributed by atoms with Crippen molar-refractivity contribution in [2.75, 3.05) is 6.54 Å². The van der Waals surface area contributed by atoms with Crippen molar-refractivity contribution in [1.82, 2.24) is 24.5 Å². The molecule has 3 aromatic rings. The number of carbonyl (C=O) groups excluding carboxylic acids is 1. The van der Waals surface area contributed by atoms with Gasteiger partial charge < -0.3 is 10.6 Å². The third-order valence-corrected chi connectivity index (χ3v) is 7.01. The normalized spacial score (nSPS) is 23.6. The van der Waals surface area contributed by atoms with Gasteiger partial charge in [0.15, 0.2) is 5.65 Å². The molecule has 0 radical (unpaired) electrons. The highest BCUT2D eigenvalue weighted by molar-refractivity contribution is 5.96. The highest BCUT2D eigenvalue weighted by atomic mass is 19.4. The highest BCUT2D eigenvalue weighted by Crippen LogP contribution is 2.37. The van der Waals surface area contributed by atoms with E-state index in [4.69, 9.17) is 10.7 Å². The van der Waals surface area contributed by atoms with Crippen LogP contribution in [0.1, 0.15) is 83.4 Å². The highest BCUT2D eigenvalue weighted by Gasteiger charge is 2.39. The van der Waals surface area contributed by atoms with Crippen molar-refractivity contribution in [1.29, 1.82) is 0 Å². The van der Waals surface area contributed by atoms with Gasteiger partial charge in [-0.25, -0.2) is 9.50 Å². The SMILES string of the molecule is Cc1cn2nc([C@@H]3CCCCN3C(=O)c3ccncc3C(F)(F)F)cc2nc1C1CC[C@H](N)C1. The van der Waals surface area contributed by atoms with Crippen molar-refractivity contribution in [2.45, 2.75) is 69.6 Å². The van der Waals surface area contributed by atoms with Crippen LogP contribution in [0.4, 0.5) is 13.2 Å². The molecule has 1 saturated heterocycles. The first-order valence-corrected chi connectivity index (χ1v) is 11.7. The fraction of sp³-hybridized carbons (Fsp3) is 0.500. The second-order valence-electron chi connectivity index (χ2n) is 9.38. The monoisotopic (exact) mass is 472 g/mol. The zero-order chi connectivity index (χ0) is 24.0. The molecule has 0 aromatic carbocycles. The molecular weight excluding hydrogens is 445 g/mol. The molecule has 3 atom stereocenters. The molecule has 1 aliphatic carbocycles. The van der Waals surface area contributed by atoms with E-state index < -0.39 is 23.7 Å². The predicted octanol–water partition coefficient (Wildman–Crippen LogP) is 4.41. The molecule has 0 bridgehead atoms. The molecule has 0 spiro atoms. The average Bonchev–Trinajstić information content (AvgIpc) is 3.43. The number of carbonyl (C=O) groups is 1. The summed E-state index contributed by atoms with van der Waals surface area (Å²) in [5, 5.41) is 4.68. The van der Waals surface area contributed by atoms with Gasteiger partial charge in [0.2, 0.25) is 0 Å². The predicted molar refractivity (Wildman–Crippen MR) is 119 cm³/mol. The Labute approximate surface area is 195 Å². The Hall–Kier alpha value is -3.01. The molecule has 180 valence electrons. The lowest BCUT2D eigenvalue weighted by Gasteiger charge is -2.35. The fourth-order valence-electron chi connectivity index (χ4n) is 5.33. The number of halogens is 3. The van der Waals surface area contributed by atoms with E-state index in [2.05, 4.69) is 10.1 Å². The summed E-state index contributed by atoms with van der Waals surface area (Å²) in [6, 6.07) is 2.77. The van der Waals surface area contributed by atoms with Crippen molar-refractivity contribution >= 4 is 11.6 Å². The van der Waals surface area contributed by atoms with E-state index in [1.807, 2.05) is 19.2 Å². The molecular formula is C24H27F3N6O. The smallest absolute Gasteiger partial charge is 0.330 e. The Kier molecular flexibility index (Phi) is 5.79. The number of pyridine rings is 1. The summed E-state index contributed by atoms with van der Waals surface area (Å²) < 4.78 is 42.3. The Morgan fingerprint density at radius 2 is 2.03 bits per heavy atom. The second kappa shape index (κ2) is 8.65. The molecule has 2 aliphatic rings. The molecule has 10 heteroatoms. The van der Waals surface area contributed by atoms with E-state index in [0.29, 0.717) is 36.4 Å². The van der Waals surface area contributed by atoms with Gasteiger partial charge >= 0.3 is 6.18 Å². The fourth-order valence-corrected chi connectivity index (χ4v) is 5.33. The van der Waals surface area contributed by atoms with Gasteiger partial charge in [-0.2, -0.15) is 18.3 Å². The molecule has 2 fully saturated rings. The van der Waals surface area contributed by atoms with E-state index in [9.17, 15) is 18.0 Å². The van der Waals surface area contributed by atoms with Gasteiger partial charge in [0.1, 0.15) is 0 Å². The van der Waals surface area contributed by atoms with Crippen LogP contribution in [0.2, 0.25) is 0 Å². The van der Waals surface area contributed by atoms with E-state index in [0.717, 1.165) is 49.4 Å². The van der Waals surface area contributed by atoms with Gasteiger partial charge in [0, 0.05) is 43.2 Å². The summed E-state index contributed by atoms with van der Waals surface area (Å²) in [5.41, 5.74) is 8.07. The third-order valence-electron chi connectivity index (χ3n) is 7.01. The summed E-state index contributed by atoms with van der Waals surface area (Å²) >= 11 is 0. The number of likely N-dealkylation sites (tertiary alicyclic amines) is 1. The molecule has 1 unspecified atom stereocenters. The van der Waals surface area contributed by atoms with E-state index in [-0.39, 0.29) is 11.6 Å². The Balaban J connectivity index is 1.49. The number of hydrogen-bond donors (Lipinski definition) is 1. The minimum Gasteiger partial charge on any atom is -0.330 e. The quantitative estimate of drug-likeness (QED) is 0.610. The summed E-state index contributed by atoms with van der Waals surface area (Å²) in [5.74, 6) is -0.333. The molecule has 1 saturated carbocycles. The summed E-state index contributed by atoms with van der Waals surface area (Å²) in [6.07, 6.45) is 4.32. The van der Waals surface area contributed by atoms with E-state index >= 15 is 0 Å². The lowest BCUT2D eigenvalue weighted by Crippen LogP contribution is -2.39. The summed E-state index contributed by atoms with van der Waals surface area (Å²) in [7, 11) is 0. The van der Waals surface area contributed by atoms with Crippen LogP contribution < -0.4 is 5.73 Å². The summed E-state index contributed by atoms with van der Waals surface area (Å²) in [4.78, 5) is 23.3. The second-order valence-corrected chi connectivity index (χ2v) is 9.38. The van der Waals surface area contributed by atoms with Crippen LogP contribution in [-0.2, 0) is 6.18 Å². The van der Waals surface area contributed by atoms with Gasteiger partial charge in [0.05, 0.1) is 28.6 Å². The number of piperidine rings is 1. The van der Waals surface area contributed by atoms with E-state index in [1.54, 1.807) is 4.52 Å². The van der Waals surface area contributed by atoms with Crippen LogP contribution in [-0.4, -0.2) is 43.0 Å². The van der Waals surface area contributed by atoms with Crippen LogP contribution in [0.25, 0.3) is 5.65 Å². The lowest BCUT2D eigenvalue weighted by molar-refractivity contribution is -0.138. The van der Waals surface area contributed by atoms with Crippen LogP contribution in [0, 0.1) is 6.92 Å². The number of aromatic nitrogens is 4. The molecule has 2 N–H and O–H groups in total. The maximum absolute atomic E-state index is 13.5. The first-order chi connectivity index (χ1) is 16.2. The lowest BCUT2D eigenvalue weighted by atomic mass is 9.97. The molecule has 34 heavy (non-hydrogen) atoms. The van der Waals surface area contributed by atoms with Gasteiger partial charge in [-0.3, -0.25) is 9.78 Å². The first kappa shape index (κ1) is 22.8. The number of nitrogens with two attached hydrogens (primary N) is 1. The number of fused-ring (bicyclic) bond motifs is 1. The van der Waals surface area contributed by atoms with Crippen molar-refractivity contribution < 1.29 is 18.0 Å². The van der Waals surface area contributed by atoms with Crippen molar-refractivity contribution in [2.24, 2.45) is 5.73 Å². The Morgan fingerprint density at radius 1 is 1.21 bits per heavy atom. The number of nitrogens with zero attached hydrogens (tertiary/aromatic N) is 5. The molecule has 4 heterocycles. The van der Waals surface area contributed by atoms with Crippen LogP contribution in [0.15, 0.2) is 30.7 Å². The molecule has 5 rings (SSSR count). The number of rotatable bonds is 3. The van der Waals surface area contributed by atoms with Crippen LogP contribution >= 0.6 is 0 Å². The topological polar surface area (TPSA) is 89.4 Å². The average molecular weight is 473 g/mol. The maximum atomic E-state index is 13.5. The number of amides is 1. The number of aryl methyl sites for hydroxylation is 1. The third kappa shape index (κ3) is 4.15. The molecule has 1 amide bonds. The molecule has 1 aliphatic heterocycles. The number of alkyl halides is 3. The Bertz CT molecular complexity index is 1220. The maximum Gasteiger partial charge on any atom is 0.418 e. The van der Waals surface area contributed by atoms with Crippen LogP contribution in [0.5, 0.6) is 0 Å². The number of hydrogen-bond acceptors (Lipinski definition) is 5. The van der Waals surface area contributed by atoms with Crippen molar-refractivity contribution in [3.63, 3.8) is 0 Å². The van der Waals surface area contributed by atoms with Gasteiger partial charge in [0.25, 0.3) is 5.91 Å². The van der Waals surface area contributed by atoms with Gasteiger partial charge in [-0.05, 0) is 57.1 Å². The van der Waals surface area contributed by atoms with Gasteiger partial charge in [-0.1, -0.05) is 0 Å². The van der Waals surface area contributed by atoms with E-state index in [1.165, 1.54) is 11.1 Å². The summed E-state index contributed by atoms with van der Waals surface area (Å²) in [6.45, 7) is 2.38. The largest absolute Gasteiger partial charge is 0.418 e. The zero-order valence-electron chi connectivity index (χ0n) is 18.9. The van der Waals surface area contributed by atoms with Gasteiger partial charge in [-0.15, -0.1) is 0 Å². The first-order valence-electron chi connectivity index (χ1n) is 11.7.